The minimum absolute atomic E-state index is 0.00725. The number of piperidine rings is 1. The van der Waals surface area contributed by atoms with Crippen molar-refractivity contribution in [1.82, 2.24) is 9.80 Å². The zero-order valence-electron chi connectivity index (χ0n) is 17.8. The largest absolute Gasteiger partial charge is 0.368 e. The number of carbonyl (C=O) groups is 3. The molecule has 0 radical (unpaired) electrons. The molecule has 2 aliphatic rings. The average molecular weight is 400 g/mol. The first-order valence-corrected chi connectivity index (χ1v) is 10.6. The zero-order chi connectivity index (χ0) is 21.2. The third kappa shape index (κ3) is 4.98. The minimum atomic E-state index is -0.627. The van der Waals surface area contributed by atoms with Gasteiger partial charge < -0.3 is 15.5 Å². The van der Waals surface area contributed by atoms with Crippen LogP contribution < -0.4 is 5.73 Å². The predicted octanol–water partition coefficient (Wildman–Crippen LogP) is 2.22. The van der Waals surface area contributed by atoms with E-state index in [1.54, 1.807) is 4.90 Å². The van der Waals surface area contributed by atoms with E-state index in [0.29, 0.717) is 32.5 Å². The molecule has 3 atom stereocenters. The van der Waals surface area contributed by atoms with E-state index in [4.69, 9.17) is 5.73 Å². The van der Waals surface area contributed by atoms with E-state index in [9.17, 15) is 14.4 Å². The fourth-order valence-corrected chi connectivity index (χ4v) is 4.64. The lowest BCUT2D eigenvalue weighted by Crippen LogP contribution is -2.49. The molecular weight excluding hydrogens is 366 g/mol. The maximum atomic E-state index is 13.0. The maximum absolute atomic E-state index is 13.0. The molecule has 2 heterocycles. The molecule has 3 rings (SSSR count). The van der Waals surface area contributed by atoms with Crippen LogP contribution in [0.15, 0.2) is 30.3 Å². The molecule has 2 aliphatic heterocycles. The van der Waals surface area contributed by atoms with Crippen molar-refractivity contribution in [3.8, 4) is 0 Å². The van der Waals surface area contributed by atoms with Gasteiger partial charge >= 0.3 is 0 Å². The van der Waals surface area contributed by atoms with Crippen molar-refractivity contribution in [1.29, 1.82) is 0 Å². The number of primary amides is 1. The molecule has 3 unspecified atom stereocenters. The Kier molecular flexibility index (Phi) is 6.30. The second kappa shape index (κ2) is 8.56. The fraction of sp³-hybridized carbons (Fsp3) is 0.609. The Hall–Kier alpha value is -2.37. The van der Waals surface area contributed by atoms with Gasteiger partial charge in [0, 0.05) is 37.9 Å². The molecule has 6 nitrogen and oxygen atoms in total. The van der Waals surface area contributed by atoms with Gasteiger partial charge in [0.25, 0.3) is 0 Å². The van der Waals surface area contributed by atoms with Crippen LogP contribution >= 0.6 is 0 Å². The van der Waals surface area contributed by atoms with Crippen LogP contribution in [0, 0.1) is 17.3 Å². The van der Waals surface area contributed by atoms with Gasteiger partial charge in [-0.25, -0.2) is 0 Å². The molecule has 2 N–H and O–H groups in total. The number of nitrogens with zero attached hydrogens (tertiary/aromatic N) is 2. The van der Waals surface area contributed by atoms with Crippen LogP contribution in [0.25, 0.3) is 0 Å². The molecule has 29 heavy (non-hydrogen) atoms. The van der Waals surface area contributed by atoms with E-state index in [1.807, 2.05) is 56.0 Å². The second-order valence-electron chi connectivity index (χ2n) is 9.50. The summed E-state index contributed by atoms with van der Waals surface area (Å²) in [4.78, 5) is 41.6. The van der Waals surface area contributed by atoms with E-state index in [1.165, 1.54) is 0 Å². The first-order chi connectivity index (χ1) is 13.7. The number of likely N-dealkylation sites (tertiary alicyclic amines) is 2. The summed E-state index contributed by atoms with van der Waals surface area (Å²) in [5, 5.41) is 0. The molecule has 0 saturated carbocycles. The van der Waals surface area contributed by atoms with Gasteiger partial charge in [0.15, 0.2) is 0 Å². The van der Waals surface area contributed by atoms with Crippen LogP contribution in [-0.2, 0) is 20.8 Å². The number of amides is 3. The van der Waals surface area contributed by atoms with E-state index in [-0.39, 0.29) is 23.7 Å². The number of hydrogen-bond donors (Lipinski definition) is 1. The van der Waals surface area contributed by atoms with Crippen molar-refractivity contribution >= 4 is 17.7 Å². The molecule has 0 spiro atoms. The zero-order valence-corrected chi connectivity index (χ0v) is 17.8. The molecule has 2 saturated heterocycles. The van der Waals surface area contributed by atoms with Crippen LogP contribution in [0.5, 0.6) is 0 Å². The molecule has 2 fully saturated rings. The molecule has 0 aliphatic carbocycles. The van der Waals surface area contributed by atoms with Gasteiger partial charge in [0.05, 0.1) is 0 Å². The Morgan fingerprint density at radius 2 is 1.76 bits per heavy atom. The van der Waals surface area contributed by atoms with Gasteiger partial charge in [0.1, 0.15) is 6.04 Å². The van der Waals surface area contributed by atoms with Crippen molar-refractivity contribution < 1.29 is 14.4 Å². The van der Waals surface area contributed by atoms with Gasteiger partial charge in [-0.3, -0.25) is 14.4 Å². The maximum Gasteiger partial charge on any atom is 0.240 e. The van der Waals surface area contributed by atoms with E-state index in [0.717, 1.165) is 18.4 Å². The summed E-state index contributed by atoms with van der Waals surface area (Å²) < 4.78 is 0. The molecule has 0 bridgehead atoms. The summed E-state index contributed by atoms with van der Waals surface area (Å²) in [6.45, 7) is 7.75. The number of nitrogens with two attached hydrogens (primary N) is 1. The van der Waals surface area contributed by atoms with E-state index < -0.39 is 17.4 Å². The predicted molar refractivity (Wildman–Crippen MR) is 112 cm³/mol. The Morgan fingerprint density at radius 3 is 2.38 bits per heavy atom. The van der Waals surface area contributed by atoms with Gasteiger partial charge in [0.2, 0.25) is 17.7 Å². The Bertz CT molecular complexity index is 756. The summed E-state index contributed by atoms with van der Waals surface area (Å²) in [6.07, 6.45) is 2.50. The van der Waals surface area contributed by atoms with E-state index >= 15 is 0 Å². The van der Waals surface area contributed by atoms with Crippen molar-refractivity contribution in [2.45, 2.75) is 52.5 Å². The quantitative estimate of drug-likeness (QED) is 0.843. The van der Waals surface area contributed by atoms with Crippen LogP contribution in [-0.4, -0.2) is 53.2 Å². The van der Waals surface area contributed by atoms with Crippen molar-refractivity contribution in [3.63, 3.8) is 0 Å². The smallest absolute Gasteiger partial charge is 0.240 e. The summed E-state index contributed by atoms with van der Waals surface area (Å²) in [5.41, 5.74) is 6.30. The SMILES string of the molecule is CC(C)(C)C(=O)N1CCC2CC(=O)N(C(Cc3ccccc3)C(N)=O)CCC2C1. The molecular formula is C23H33N3O3. The van der Waals surface area contributed by atoms with E-state index in [2.05, 4.69) is 0 Å². The standard InChI is InChI=1S/C23H33N3O3/c1-23(2,3)22(29)25-11-9-17-14-20(27)26(12-10-18(17)15-25)19(21(24)28)13-16-7-5-4-6-8-16/h4-8,17-19H,9-15H2,1-3H3,(H2,24,28). The van der Waals surface area contributed by atoms with Crippen LogP contribution in [0.1, 0.15) is 45.6 Å². The summed E-state index contributed by atoms with van der Waals surface area (Å²) in [6, 6.07) is 9.05. The highest BCUT2D eigenvalue weighted by Gasteiger charge is 2.40. The molecule has 158 valence electrons. The molecule has 6 heteroatoms. The van der Waals surface area contributed by atoms with Crippen LogP contribution in [0.3, 0.4) is 0 Å². The lowest BCUT2D eigenvalue weighted by Gasteiger charge is -2.40. The molecule has 1 aromatic rings. The lowest BCUT2D eigenvalue weighted by atomic mass is 9.81. The lowest BCUT2D eigenvalue weighted by molar-refractivity contribution is -0.142. The Morgan fingerprint density at radius 1 is 1.10 bits per heavy atom. The fourth-order valence-electron chi connectivity index (χ4n) is 4.64. The Balaban J connectivity index is 1.72. The topological polar surface area (TPSA) is 83.7 Å². The second-order valence-corrected chi connectivity index (χ2v) is 9.50. The highest BCUT2D eigenvalue weighted by atomic mass is 16.2. The number of rotatable bonds is 4. The first kappa shape index (κ1) is 21.3. The average Bonchev–Trinajstić information content (AvgIpc) is 2.83. The van der Waals surface area contributed by atoms with Gasteiger partial charge in [-0.1, -0.05) is 51.1 Å². The minimum Gasteiger partial charge on any atom is -0.368 e. The highest BCUT2D eigenvalue weighted by Crippen LogP contribution is 2.34. The third-order valence-corrected chi connectivity index (χ3v) is 6.29. The summed E-state index contributed by atoms with van der Waals surface area (Å²) in [5.74, 6) is 0.267. The summed E-state index contributed by atoms with van der Waals surface area (Å²) in [7, 11) is 0. The van der Waals surface area contributed by atoms with Gasteiger partial charge in [-0.2, -0.15) is 0 Å². The normalized spacial score (nSPS) is 23.9. The number of fused-ring (bicyclic) bond motifs is 1. The Labute approximate surface area is 173 Å². The monoisotopic (exact) mass is 399 g/mol. The third-order valence-electron chi connectivity index (χ3n) is 6.29. The molecule has 3 amide bonds. The number of hydrogen-bond acceptors (Lipinski definition) is 3. The molecule has 0 aromatic heterocycles. The molecule has 1 aromatic carbocycles. The van der Waals surface area contributed by atoms with Crippen molar-refractivity contribution in [3.05, 3.63) is 35.9 Å². The number of benzene rings is 1. The van der Waals surface area contributed by atoms with Gasteiger partial charge in [-0.15, -0.1) is 0 Å². The van der Waals surface area contributed by atoms with Crippen molar-refractivity contribution in [2.24, 2.45) is 23.0 Å². The summed E-state index contributed by atoms with van der Waals surface area (Å²) >= 11 is 0. The van der Waals surface area contributed by atoms with Crippen LogP contribution in [0.2, 0.25) is 0 Å². The van der Waals surface area contributed by atoms with Crippen LogP contribution in [0.4, 0.5) is 0 Å². The van der Waals surface area contributed by atoms with Gasteiger partial charge in [-0.05, 0) is 30.2 Å². The first-order valence-electron chi connectivity index (χ1n) is 10.6. The number of carbonyl (C=O) groups excluding carboxylic acids is 3. The van der Waals surface area contributed by atoms with Crippen molar-refractivity contribution in [2.75, 3.05) is 19.6 Å². The highest BCUT2D eigenvalue weighted by molar-refractivity contribution is 5.87.